The molecular formula is C21H24N2O5. The van der Waals surface area contributed by atoms with Crippen molar-refractivity contribution in [1.29, 1.82) is 0 Å². The zero-order valence-corrected chi connectivity index (χ0v) is 16.3. The normalized spacial score (nSPS) is 27.1. The highest BCUT2D eigenvalue weighted by Crippen LogP contribution is 2.46. The van der Waals surface area contributed by atoms with E-state index in [1.165, 1.54) is 0 Å². The molecule has 4 unspecified atom stereocenters. The van der Waals surface area contributed by atoms with Gasteiger partial charge < -0.3 is 15.1 Å². The second-order valence-electron chi connectivity index (χ2n) is 7.75. The fourth-order valence-electron chi connectivity index (χ4n) is 4.25. The Bertz CT molecular complexity index is 898. The van der Waals surface area contributed by atoms with Crippen LogP contribution >= 0.6 is 0 Å². The average Bonchev–Trinajstić information content (AvgIpc) is 2.59. The second-order valence-corrected chi connectivity index (χ2v) is 7.75. The topological polar surface area (TPSA) is 107 Å². The molecule has 0 saturated carbocycles. The van der Waals surface area contributed by atoms with Crippen LogP contribution in [0.15, 0.2) is 40.5 Å². The van der Waals surface area contributed by atoms with E-state index >= 15 is 0 Å². The van der Waals surface area contributed by atoms with Gasteiger partial charge in [-0.15, -0.1) is 0 Å². The van der Waals surface area contributed by atoms with Crippen LogP contribution in [0.4, 0.5) is 5.69 Å². The lowest BCUT2D eigenvalue weighted by molar-refractivity contribution is -0.147. The Balaban J connectivity index is 2.18. The van der Waals surface area contributed by atoms with Crippen molar-refractivity contribution in [2.24, 2.45) is 22.7 Å². The number of carboxylic acid groups (broad SMARTS) is 2. The Hall–Kier alpha value is -2.96. The first kappa shape index (κ1) is 19.8. The Labute approximate surface area is 163 Å². The van der Waals surface area contributed by atoms with Crippen LogP contribution in [0, 0.1) is 17.8 Å². The summed E-state index contributed by atoms with van der Waals surface area (Å²) < 4.78 is 0. The zero-order chi connectivity index (χ0) is 20.7. The Morgan fingerprint density at radius 3 is 2.14 bits per heavy atom. The van der Waals surface area contributed by atoms with E-state index in [1.807, 2.05) is 31.1 Å². The smallest absolute Gasteiger partial charge is 0.314 e. The number of carbonyl (C=O) groups excluding carboxylic acids is 1. The van der Waals surface area contributed by atoms with Crippen molar-refractivity contribution >= 4 is 29.1 Å². The van der Waals surface area contributed by atoms with Gasteiger partial charge in [-0.25, -0.2) is 0 Å². The van der Waals surface area contributed by atoms with Crippen molar-refractivity contribution in [3.8, 4) is 0 Å². The SMILES string of the molecule is CC1=NC2=C(C(=O)C(C(=O)O)C(C)C2)C(c2ccc(N(C)C)cc2)C1C(=O)O. The summed E-state index contributed by atoms with van der Waals surface area (Å²) in [6.45, 7) is 3.37. The summed E-state index contributed by atoms with van der Waals surface area (Å²) in [5, 5.41) is 19.4. The minimum absolute atomic E-state index is 0.237. The highest BCUT2D eigenvalue weighted by atomic mass is 16.4. The number of hydrogen-bond donors (Lipinski definition) is 2. The lowest BCUT2D eigenvalue weighted by Crippen LogP contribution is -2.42. The molecule has 2 aliphatic rings. The molecule has 0 fully saturated rings. The van der Waals surface area contributed by atoms with Gasteiger partial charge in [-0.1, -0.05) is 19.1 Å². The molecule has 0 amide bonds. The molecule has 4 atom stereocenters. The highest BCUT2D eigenvalue weighted by molar-refractivity contribution is 6.13. The maximum Gasteiger partial charge on any atom is 0.314 e. The van der Waals surface area contributed by atoms with E-state index in [-0.39, 0.29) is 5.57 Å². The molecule has 7 nitrogen and oxygen atoms in total. The maximum absolute atomic E-state index is 13.1. The van der Waals surface area contributed by atoms with Crippen molar-refractivity contribution in [3.63, 3.8) is 0 Å². The van der Waals surface area contributed by atoms with Crippen molar-refractivity contribution in [1.82, 2.24) is 0 Å². The molecule has 2 N–H and O–H groups in total. The molecule has 1 aliphatic carbocycles. The number of nitrogens with zero attached hydrogens (tertiary/aromatic N) is 2. The van der Waals surface area contributed by atoms with Gasteiger partial charge in [0.25, 0.3) is 0 Å². The van der Waals surface area contributed by atoms with Crippen molar-refractivity contribution in [3.05, 3.63) is 41.1 Å². The van der Waals surface area contributed by atoms with Crippen LogP contribution in [0.25, 0.3) is 0 Å². The average molecular weight is 384 g/mol. The van der Waals surface area contributed by atoms with Gasteiger partial charge in [-0.05, 0) is 37.0 Å². The number of ketones is 1. The van der Waals surface area contributed by atoms with Crippen LogP contribution in [-0.4, -0.2) is 47.7 Å². The van der Waals surface area contributed by atoms with Crippen molar-refractivity contribution in [2.75, 3.05) is 19.0 Å². The Morgan fingerprint density at radius 1 is 1.07 bits per heavy atom. The van der Waals surface area contributed by atoms with E-state index in [0.717, 1.165) is 5.69 Å². The summed E-state index contributed by atoms with van der Waals surface area (Å²) in [6.07, 6.45) is 0.341. The second kappa shape index (κ2) is 7.22. The minimum Gasteiger partial charge on any atom is -0.481 e. The molecule has 0 radical (unpaired) electrons. The molecule has 0 saturated heterocycles. The Morgan fingerprint density at radius 2 is 1.64 bits per heavy atom. The fraction of sp³-hybridized carbons (Fsp3) is 0.429. The molecule has 0 aromatic heterocycles. The van der Waals surface area contributed by atoms with Crippen LogP contribution in [0.1, 0.15) is 31.7 Å². The lowest BCUT2D eigenvalue weighted by atomic mass is 9.67. The van der Waals surface area contributed by atoms with Gasteiger partial charge in [0, 0.05) is 42.7 Å². The number of anilines is 1. The number of carbonyl (C=O) groups is 3. The third-order valence-electron chi connectivity index (χ3n) is 5.65. The quantitative estimate of drug-likeness (QED) is 0.773. The van der Waals surface area contributed by atoms with E-state index in [0.29, 0.717) is 23.4 Å². The molecule has 1 aliphatic heterocycles. The summed E-state index contributed by atoms with van der Waals surface area (Å²) in [5.41, 5.74) is 2.80. The summed E-state index contributed by atoms with van der Waals surface area (Å²) in [4.78, 5) is 43.2. The monoisotopic (exact) mass is 384 g/mol. The van der Waals surface area contributed by atoms with Gasteiger partial charge in [0.2, 0.25) is 0 Å². The van der Waals surface area contributed by atoms with Gasteiger partial charge >= 0.3 is 11.9 Å². The van der Waals surface area contributed by atoms with Crippen molar-refractivity contribution in [2.45, 2.75) is 26.2 Å². The van der Waals surface area contributed by atoms with Crippen molar-refractivity contribution < 1.29 is 24.6 Å². The molecule has 28 heavy (non-hydrogen) atoms. The summed E-state index contributed by atoms with van der Waals surface area (Å²) in [7, 11) is 3.80. The number of benzene rings is 1. The predicted octanol–water partition coefficient (Wildman–Crippen LogP) is 2.58. The van der Waals surface area contributed by atoms with Crippen LogP contribution < -0.4 is 4.90 Å². The largest absolute Gasteiger partial charge is 0.481 e. The molecule has 1 aromatic rings. The fourth-order valence-corrected chi connectivity index (χ4v) is 4.25. The molecule has 1 aromatic carbocycles. The summed E-state index contributed by atoms with van der Waals surface area (Å²) in [6, 6.07) is 7.33. The third kappa shape index (κ3) is 3.21. The van der Waals surface area contributed by atoms with E-state index < -0.39 is 41.4 Å². The van der Waals surface area contributed by atoms with Gasteiger partial charge in [0.1, 0.15) is 11.8 Å². The number of aliphatic imine (C=N–C) groups is 1. The first-order valence-corrected chi connectivity index (χ1v) is 9.18. The van der Waals surface area contributed by atoms with E-state index in [4.69, 9.17) is 0 Å². The first-order valence-electron chi connectivity index (χ1n) is 9.18. The van der Waals surface area contributed by atoms with E-state index in [2.05, 4.69) is 4.99 Å². The number of allylic oxidation sites excluding steroid dienone is 2. The van der Waals surface area contributed by atoms with Gasteiger partial charge in [-0.3, -0.25) is 19.4 Å². The first-order chi connectivity index (χ1) is 13.1. The van der Waals surface area contributed by atoms with Crippen LogP contribution in [0.5, 0.6) is 0 Å². The number of carboxylic acids is 2. The number of aliphatic carboxylic acids is 2. The van der Waals surface area contributed by atoms with Gasteiger partial charge in [0.05, 0.1) is 0 Å². The molecule has 3 rings (SSSR count). The Kier molecular flexibility index (Phi) is 5.10. The minimum atomic E-state index is -1.18. The van der Waals surface area contributed by atoms with Crippen LogP contribution in [-0.2, 0) is 14.4 Å². The number of rotatable bonds is 4. The highest BCUT2D eigenvalue weighted by Gasteiger charge is 2.48. The number of hydrogen-bond acceptors (Lipinski definition) is 5. The van der Waals surface area contributed by atoms with Gasteiger partial charge in [0.15, 0.2) is 5.78 Å². The molecule has 7 heteroatoms. The van der Waals surface area contributed by atoms with E-state index in [9.17, 15) is 24.6 Å². The molecule has 0 spiro atoms. The zero-order valence-electron chi connectivity index (χ0n) is 16.3. The summed E-state index contributed by atoms with van der Waals surface area (Å²) in [5.74, 6) is -6.09. The number of Topliss-reactive ketones (excluding diaryl/α,β-unsaturated/α-hetero) is 1. The predicted molar refractivity (Wildman–Crippen MR) is 105 cm³/mol. The van der Waals surface area contributed by atoms with E-state index in [1.54, 1.807) is 26.0 Å². The standard InChI is InChI=1S/C21H24N2O5/c1-10-9-14-18(19(24)15(10)20(25)26)17(16(21(27)28)11(2)22-14)12-5-7-13(8-6-12)23(3)4/h5-8,10,15-17H,9H2,1-4H3,(H,25,26)(H,27,28). The van der Waals surface area contributed by atoms with Gasteiger partial charge in [-0.2, -0.15) is 0 Å². The third-order valence-corrected chi connectivity index (χ3v) is 5.65. The molecule has 1 heterocycles. The lowest BCUT2D eigenvalue weighted by Gasteiger charge is -2.37. The molecule has 148 valence electrons. The van der Waals surface area contributed by atoms with Crippen LogP contribution in [0.3, 0.4) is 0 Å². The molecule has 0 bridgehead atoms. The van der Waals surface area contributed by atoms with Crippen LogP contribution in [0.2, 0.25) is 0 Å². The summed E-state index contributed by atoms with van der Waals surface area (Å²) >= 11 is 0. The molecular weight excluding hydrogens is 360 g/mol. The maximum atomic E-state index is 13.1.